The van der Waals surface area contributed by atoms with Crippen LogP contribution in [-0.4, -0.2) is 57.8 Å². The van der Waals surface area contributed by atoms with Crippen molar-refractivity contribution >= 4 is 21.6 Å². The molecule has 1 aliphatic rings. The van der Waals surface area contributed by atoms with E-state index in [1.165, 1.54) is 23.8 Å². The normalized spacial score (nSPS) is 18.4. The molecule has 11 nitrogen and oxygen atoms in total. The Morgan fingerprint density at radius 1 is 1.44 bits per heavy atom. The zero-order chi connectivity index (χ0) is 19.8. The minimum atomic E-state index is -3.39. The molecule has 1 aliphatic heterocycles. The lowest BCUT2D eigenvalue weighted by atomic mass is 9.98. The van der Waals surface area contributed by atoms with Gasteiger partial charge in [-0.1, -0.05) is 5.16 Å². The Kier molecular flexibility index (Phi) is 5.02. The van der Waals surface area contributed by atoms with Gasteiger partial charge < -0.3 is 14.9 Å². The number of hydrogen-bond acceptors (Lipinski definition) is 8. The third-order valence-electron chi connectivity index (χ3n) is 4.43. The maximum Gasteiger partial charge on any atom is 0.296 e. The first-order chi connectivity index (χ1) is 12.7. The number of piperidine rings is 1. The molecule has 1 atom stereocenters. The van der Waals surface area contributed by atoms with Crippen molar-refractivity contribution in [1.29, 1.82) is 0 Å². The lowest BCUT2D eigenvalue weighted by Gasteiger charge is -2.31. The highest BCUT2D eigenvalue weighted by Gasteiger charge is 2.31. The van der Waals surface area contributed by atoms with Crippen LogP contribution in [-0.2, 0) is 17.1 Å². The number of anilines is 1. The summed E-state index contributed by atoms with van der Waals surface area (Å²) in [4.78, 5) is 28.9. The molecule has 27 heavy (non-hydrogen) atoms. The summed E-state index contributed by atoms with van der Waals surface area (Å²) < 4.78 is 30.7. The van der Waals surface area contributed by atoms with Gasteiger partial charge in [-0.25, -0.2) is 17.7 Å². The predicted molar refractivity (Wildman–Crippen MR) is 94.0 cm³/mol. The first kappa shape index (κ1) is 19.0. The number of nitrogens with one attached hydrogen (secondary N) is 1. The summed E-state index contributed by atoms with van der Waals surface area (Å²) in [5.41, 5.74) is -0.984. The third kappa shape index (κ3) is 3.85. The average Bonchev–Trinajstić information content (AvgIpc) is 3.12. The van der Waals surface area contributed by atoms with Crippen LogP contribution in [0.25, 0.3) is 0 Å². The molecule has 1 unspecified atom stereocenters. The van der Waals surface area contributed by atoms with Crippen molar-refractivity contribution < 1.29 is 22.8 Å². The zero-order valence-corrected chi connectivity index (χ0v) is 15.6. The van der Waals surface area contributed by atoms with E-state index in [4.69, 9.17) is 0 Å². The van der Waals surface area contributed by atoms with Gasteiger partial charge in [0.1, 0.15) is 17.8 Å². The van der Waals surface area contributed by atoms with Crippen LogP contribution >= 0.6 is 0 Å². The summed E-state index contributed by atoms with van der Waals surface area (Å²) in [7, 11) is -1.96. The number of aromatic hydroxyl groups is 1. The molecule has 3 rings (SSSR count). The van der Waals surface area contributed by atoms with Crippen LogP contribution in [0.3, 0.4) is 0 Å². The summed E-state index contributed by atoms with van der Waals surface area (Å²) in [6.45, 7) is 0.540. The monoisotopic (exact) mass is 397 g/mol. The highest BCUT2D eigenvalue weighted by atomic mass is 32.2. The van der Waals surface area contributed by atoms with E-state index >= 15 is 0 Å². The standard InChI is InChI=1S/C15H19N5O6S/c1-19-13(9-4-3-5-20(7-9)27(2,24)25)18-11(12(21)15(19)23)14(22)17-10-6-16-26-8-10/h6,8-9,21H,3-5,7H2,1-2H3,(H,17,22). The van der Waals surface area contributed by atoms with Gasteiger partial charge in [-0.15, -0.1) is 0 Å². The van der Waals surface area contributed by atoms with E-state index < -0.39 is 32.9 Å². The maximum atomic E-state index is 12.4. The minimum absolute atomic E-state index is 0.149. The van der Waals surface area contributed by atoms with Gasteiger partial charge in [0.15, 0.2) is 5.69 Å². The molecule has 2 N–H and O–H groups in total. The molecule has 0 spiro atoms. The highest BCUT2D eigenvalue weighted by Crippen LogP contribution is 2.27. The summed E-state index contributed by atoms with van der Waals surface area (Å²) in [5, 5.41) is 15.9. The van der Waals surface area contributed by atoms with Crippen LogP contribution in [0.15, 0.2) is 21.8 Å². The smallest absolute Gasteiger partial charge is 0.296 e. The molecule has 0 bridgehead atoms. The molecule has 146 valence electrons. The summed E-state index contributed by atoms with van der Waals surface area (Å²) in [6, 6.07) is 0. The Hall–Kier alpha value is -2.73. The van der Waals surface area contributed by atoms with Crippen molar-refractivity contribution in [3.8, 4) is 5.75 Å². The van der Waals surface area contributed by atoms with Crippen LogP contribution in [0.1, 0.15) is 35.1 Å². The Balaban J connectivity index is 1.97. The summed E-state index contributed by atoms with van der Waals surface area (Å²) in [6.07, 6.45) is 4.75. The maximum absolute atomic E-state index is 12.4. The van der Waals surface area contributed by atoms with Crippen LogP contribution in [0, 0.1) is 0 Å². The highest BCUT2D eigenvalue weighted by molar-refractivity contribution is 7.88. The lowest BCUT2D eigenvalue weighted by molar-refractivity contribution is 0.101. The molecule has 0 aromatic carbocycles. The number of carbonyl (C=O) groups is 1. The van der Waals surface area contributed by atoms with Gasteiger partial charge in [-0.2, -0.15) is 0 Å². The number of hydrogen-bond donors (Lipinski definition) is 2. The molecular formula is C15H19N5O6S. The van der Waals surface area contributed by atoms with Crippen molar-refractivity contribution in [2.75, 3.05) is 24.7 Å². The topological polar surface area (TPSA) is 148 Å². The first-order valence-electron chi connectivity index (χ1n) is 8.14. The Labute approximate surface area is 154 Å². The van der Waals surface area contributed by atoms with E-state index in [-0.39, 0.29) is 24.0 Å². The van der Waals surface area contributed by atoms with Gasteiger partial charge in [0.25, 0.3) is 11.5 Å². The molecule has 12 heteroatoms. The quantitative estimate of drug-likeness (QED) is 0.725. The molecule has 1 saturated heterocycles. The summed E-state index contributed by atoms with van der Waals surface area (Å²) in [5.74, 6) is -1.73. The Bertz CT molecular complexity index is 1010. The number of rotatable bonds is 4. The predicted octanol–water partition coefficient (Wildman–Crippen LogP) is -0.135. The molecule has 0 aliphatic carbocycles. The number of aromatic nitrogens is 3. The van der Waals surface area contributed by atoms with Crippen LogP contribution < -0.4 is 10.9 Å². The molecule has 0 radical (unpaired) electrons. The molecule has 0 saturated carbocycles. The van der Waals surface area contributed by atoms with Gasteiger partial charge in [-0.3, -0.25) is 14.2 Å². The number of nitrogens with zero attached hydrogens (tertiary/aromatic N) is 4. The fourth-order valence-electron chi connectivity index (χ4n) is 3.04. The van der Waals surface area contributed by atoms with Gasteiger partial charge in [0.2, 0.25) is 15.8 Å². The molecule has 1 fully saturated rings. The van der Waals surface area contributed by atoms with Gasteiger partial charge in [0, 0.05) is 26.1 Å². The van der Waals surface area contributed by atoms with Crippen LogP contribution in [0.2, 0.25) is 0 Å². The van der Waals surface area contributed by atoms with E-state index in [1.54, 1.807) is 0 Å². The second-order valence-corrected chi connectivity index (χ2v) is 8.34. The second-order valence-electron chi connectivity index (χ2n) is 6.36. The van der Waals surface area contributed by atoms with Crippen LogP contribution in [0.5, 0.6) is 5.75 Å². The third-order valence-corrected chi connectivity index (χ3v) is 5.69. The minimum Gasteiger partial charge on any atom is -0.501 e. The van der Waals surface area contributed by atoms with Crippen molar-refractivity contribution in [3.63, 3.8) is 0 Å². The van der Waals surface area contributed by atoms with E-state index in [1.807, 2.05) is 0 Å². The number of amides is 1. The van der Waals surface area contributed by atoms with Gasteiger partial charge in [-0.05, 0) is 12.8 Å². The average molecular weight is 397 g/mol. The van der Waals surface area contributed by atoms with E-state index in [2.05, 4.69) is 20.0 Å². The summed E-state index contributed by atoms with van der Waals surface area (Å²) >= 11 is 0. The van der Waals surface area contributed by atoms with Crippen molar-refractivity contribution in [2.45, 2.75) is 18.8 Å². The van der Waals surface area contributed by atoms with Crippen molar-refractivity contribution in [3.05, 3.63) is 34.3 Å². The largest absolute Gasteiger partial charge is 0.501 e. The molecule has 3 heterocycles. The number of sulfonamides is 1. The van der Waals surface area contributed by atoms with Crippen LogP contribution in [0.4, 0.5) is 5.69 Å². The molecule has 2 aromatic rings. The molecule has 1 amide bonds. The molecule has 2 aromatic heterocycles. The van der Waals surface area contributed by atoms with E-state index in [0.29, 0.717) is 19.4 Å². The first-order valence-corrected chi connectivity index (χ1v) is 9.99. The molecular weight excluding hydrogens is 378 g/mol. The fourth-order valence-corrected chi connectivity index (χ4v) is 3.95. The van der Waals surface area contributed by atoms with Gasteiger partial charge in [0.05, 0.1) is 12.5 Å². The fraction of sp³-hybridized carbons (Fsp3) is 0.467. The van der Waals surface area contributed by atoms with Gasteiger partial charge >= 0.3 is 0 Å². The number of carbonyl (C=O) groups excluding carboxylic acids is 1. The Morgan fingerprint density at radius 2 is 2.19 bits per heavy atom. The van der Waals surface area contributed by atoms with E-state index in [0.717, 1.165) is 10.8 Å². The second kappa shape index (κ2) is 7.12. The SMILES string of the molecule is Cn1c(C2CCCN(S(C)(=O)=O)C2)nc(C(=O)Nc2cnoc2)c(O)c1=O. The van der Waals surface area contributed by atoms with Crippen molar-refractivity contribution in [1.82, 2.24) is 19.0 Å². The van der Waals surface area contributed by atoms with E-state index in [9.17, 15) is 23.1 Å². The lowest BCUT2D eigenvalue weighted by Crippen LogP contribution is -2.40. The Morgan fingerprint density at radius 3 is 2.81 bits per heavy atom. The van der Waals surface area contributed by atoms with Crippen molar-refractivity contribution in [2.24, 2.45) is 7.05 Å². The zero-order valence-electron chi connectivity index (χ0n) is 14.7.